The molecule has 2 aromatic rings. The van der Waals surface area contributed by atoms with Crippen LogP contribution in [0, 0.1) is 0 Å². The molecule has 0 saturated heterocycles. The number of carbonyl (C=O) groups is 1. The summed E-state index contributed by atoms with van der Waals surface area (Å²) in [6.45, 7) is 0.538. The molecule has 1 aromatic carbocycles. The molecule has 0 aliphatic rings. The number of furan rings is 1. The van der Waals surface area contributed by atoms with Crippen LogP contribution in [0.4, 0.5) is 13.2 Å². The SMILES string of the molecule is CN(C)C(=O)CNC(=NCc1cccc(C(F)(F)F)c1)NCCc1ccco1.I. The highest BCUT2D eigenvalue weighted by Gasteiger charge is 2.30. The minimum absolute atomic E-state index is 0. The van der Waals surface area contributed by atoms with E-state index < -0.39 is 11.7 Å². The molecule has 0 bridgehead atoms. The third kappa shape index (κ3) is 8.75. The molecule has 6 nitrogen and oxygen atoms in total. The van der Waals surface area contributed by atoms with Crippen LogP contribution in [-0.2, 0) is 23.9 Å². The Morgan fingerprint density at radius 2 is 1.93 bits per heavy atom. The molecule has 0 radical (unpaired) electrons. The first-order valence-corrected chi connectivity index (χ1v) is 8.66. The number of nitrogens with one attached hydrogen (secondary N) is 2. The lowest BCUT2D eigenvalue weighted by atomic mass is 10.1. The Labute approximate surface area is 184 Å². The van der Waals surface area contributed by atoms with E-state index in [0.717, 1.165) is 17.9 Å². The predicted octanol–water partition coefficient (Wildman–Crippen LogP) is 3.28. The van der Waals surface area contributed by atoms with Crippen LogP contribution in [0.15, 0.2) is 52.1 Å². The molecule has 0 aliphatic heterocycles. The van der Waals surface area contributed by atoms with E-state index in [1.165, 1.54) is 11.0 Å². The monoisotopic (exact) mass is 524 g/mol. The number of halogens is 4. The van der Waals surface area contributed by atoms with E-state index in [9.17, 15) is 18.0 Å². The fraction of sp³-hybridized carbons (Fsp3) is 0.368. The summed E-state index contributed by atoms with van der Waals surface area (Å²) in [6.07, 6.45) is -2.23. The summed E-state index contributed by atoms with van der Waals surface area (Å²) < 4.78 is 43.8. The molecule has 160 valence electrons. The molecule has 1 heterocycles. The largest absolute Gasteiger partial charge is 0.469 e. The highest BCUT2D eigenvalue weighted by atomic mass is 127. The maximum Gasteiger partial charge on any atom is 0.416 e. The van der Waals surface area contributed by atoms with E-state index in [-0.39, 0.29) is 43.0 Å². The molecule has 0 saturated carbocycles. The van der Waals surface area contributed by atoms with Gasteiger partial charge in [-0.3, -0.25) is 4.79 Å². The Hall–Kier alpha value is -2.24. The molecular weight excluding hydrogens is 500 g/mol. The fourth-order valence-electron chi connectivity index (χ4n) is 2.27. The molecule has 0 fully saturated rings. The summed E-state index contributed by atoms with van der Waals surface area (Å²) in [5.74, 6) is 0.966. The number of guanidine groups is 1. The van der Waals surface area contributed by atoms with Gasteiger partial charge in [0.15, 0.2) is 5.96 Å². The second-order valence-electron chi connectivity index (χ2n) is 6.26. The summed E-state index contributed by atoms with van der Waals surface area (Å²) in [7, 11) is 3.27. The lowest BCUT2D eigenvalue weighted by Gasteiger charge is -2.15. The standard InChI is InChI=1S/C19H23F3N4O2.HI/c1-26(2)17(27)13-25-18(23-9-8-16-7-4-10-28-16)24-12-14-5-3-6-15(11-14)19(20,21)22;/h3-7,10-11H,8-9,12-13H2,1-2H3,(H2,23,24,25);1H. The van der Waals surface area contributed by atoms with E-state index in [2.05, 4.69) is 15.6 Å². The van der Waals surface area contributed by atoms with Crippen molar-refractivity contribution in [1.29, 1.82) is 0 Å². The Morgan fingerprint density at radius 1 is 1.17 bits per heavy atom. The van der Waals surface area contributed by atoms with Gasteiger partial charge in [0.2, 0.25) is 5.91 Å². The molecule has 0 unspecified atom stereocenters. The van der Waals surface area contributed by atoms with Crippen LogP contribution in [0.25, 0.3) is 0 Å². The van der Waals surface area contributed by atoms with Crippen molar-refractivity contribution in [3.63, 3.8) is 0 Å². The summed E-state index contributed by atoms with van der Waals surface area (Å²) in [5, 5.41) is 5.94. The van der Waals surface area contributed by atoms with Crippen molar-refractivity contribution in [2.75, 3.05) is 27.2 Å². The number of hydrogen-bond donors (Lipinski definition) is 2. The van der Waals surface area contributed by atoms with Crippen molar-refractivity contribution in [2.24, 2.45) is 4.99 Å². The third-order valence-corrected chi connectivity index (χ3v) is 3.82. The van der Waals surface area contributed by atoms with Gasteiger partial charge in [-0.25, -0.2) is 4.99 Å². The average molecular weight is 524 g/mol. The van der Waals surface area contributed by atoms with Crippen molar-refractivity contribution in [1.82, 2.24) is 15.5 Å². The molecule has 10 heteroatoms. The number of alkyl halides is 3. The lowest BCUT2D eigenvalue weighted by Crippen LogP contribution is -2.43. The molecular formula is C19H24F3IN4O2. The van der Waals surface area contributed by atoms with Gasteiger partial charge in [-0.1, -0.05) is 12.1 Å². The van der Waals surface area contributed by atoms with Crippen LogP contribution in [0.1, 0.15) is 16.9 Å². The third-order valence-electron chi connectivity index (χ3n) is 3.82. The average Bonchev–Trinajstić information content (AvgIpc) is 3.16. The number of amides is 1. The first-order chi connectivity index (χ1) is 13.3. The summed E-state index contributed by atoms with van der Waals surface area (Å²) >= 11 is 0. The minimum atomic E-state index is -4.40. The molecule has 1 amide bonds. The molecule has 0 aliphatic carbocycles. The van der Waals surface area contributed by atoms with E-state index in [4.69, 9.17) is 4.42 Å². The first kappa shape index (κ1) is 24.8. The van der Waals surface area contributed by atoms with Gasteiger partial charge < -0.3 is 20.0 Å². The van der Waals surface area contributed by atoms with Gasteiger partial charge in [0.05, 0.1) is 24.9 Å². The number of likely N-dealkylation sites (N-methyl/N-ethyl adjacent to an activating group) is 1. The van der Waals surface area contributed by atoms with Gasteiger partial charge in [-0.05, 0) is 29.8 Å². The zero-order chi connectivity index (χ0) is 20.6. The highest BCUT2D eigenvalue weighted by molar-refractivity contribution is 14.0. The van der Waals surface area contributed by atoms with Crippen molar-refractivity contribution in [2.45, 2.75) is 19.1 Å². The zero-order valence-electron chi connectivity index (χ0n) is 16.1. The number of aliphatic imine (C=N–C) groups is 1. The highest BCUT2D eigenvalue weighted by Crippen LogP contribution is 2.29. The lowest BCUT2D eigenvalue weighted by molar-refractivity contribution is -0.137. The Kier molecular flexibility index (Phi) is 9.99. The Balaban J connectivity index is 0.00000420. The summed E-state index contributed by atoms with van der Waals surface area (Å²) in [6, 6.07) is 8.62. The van der Waals surface area contributed by atoms with Crippen molar-refractivity contribution in [3.8, 4) is 0 Å². The quantitative estimate of drug-likeness (QED) is 0.332. The van der Waals surface area contributed by atoms with Crippen LogP contribution < -0.4 is 10.6 Å². The van der Waals surface area contributed by atoms with Crippen LogP contribution in [-0.4, -0.2) is 44.0 Å². The second kappa shape index (κ2) is 11.7. The van der Waals surface area contributed by atoms with Crippen molar-refractivity contribution >= 4 is 35.8 Å². The number of benzene rings is 1. The maximum atomic E-state index is 12.8. The molecule has 0 spiro atoms. The van der Waals surface area contributed by atoms with E-state index in [1.807, 2.05) is 6.07 Å². The second-order valence-corrected chi connectivity index (χ2v) is 6.26. The summed E-state index contributed by atoms with van der Waals surface area (Å²) in [5.41, 5.74) is -0.302. The zero-order valence-corrected chi connectivity index (χ0v) is 18.5. The molecule has 2 N–H and O–H groups in total. The number of carbonyl (C=O) groups excluding carboxylic acids is 1. The van der Waals surface area contributed by atoms with Crippen molar-refractivity contribution in [3.05, 3.63) is 59.5 Å². The van der Waals surface area contributed by atoms with E-state index >= 15 is 0 Å². The van der Waals surface area contributed by atoms with E-state index in [1.54, 1.807) is 32.5 Å². The molecule has 1 aromatic heterocycles. The predicted molar refractivity (Wildman–Crippen MR) is 115 cm³/mol. The number of hydrogen-bond acceptors (Lipinski definition) is 3. The smallest absolute Gasteiger partial charge is 0.416 e. The van der Waals surface area contributed by atoms with E-state index in [0.29, 0.717) is 24.5 Å². The topological polar surface area (TPSA) is 69.9 Å². The van der Waals surface area contributed by atoms with Gasteiger partial charge >= 0.3 is 6.18 Å². The fourth-order valence-corrected chi connectivity index (χ4v) is 2.27. The molecule has 29 heavy (non-hydrogen) atoms. The number of rotatable bonds is 7. The molecule has 2 rings (SSSR count). The summed E-state index contributed by atoms with van der Waals surface area (Å²) in [4.78, 5) is 17.5. The van der Waals surface area contributed by atoms with Gasteiger partial charge in [0.1, 0.15) is 5.76 Å². The Bertz CT molecular complexity index is 793. The van der Waals surface area contributed by atoms with Gasteiger partial charge in [0, 0.05) is 27.1 Å². The van der Waals surface area contributed by atoms with Crippen LogP contribution >= 0.6 is 24.0 Å². The minimum Gasteiger partial charge on any atom is -0.469 e. The van der Waals surface area contributed by atoms with Gasteiger partial charge in [-0.2, -0.15) is 13.2 Å². The normalized spacial score (nSPS) is 11.6. The maximum absolute atomic E-state index is 12.8. The van der Waals surface area contributed by atoms with Crippen LogP contribution in [0.3, 0.4) is 0 Å². The van der Waals surface area contributed by atoms with Crippen molar-refractivity contribution < 1.29 is 22.4 Å². The Morgan fingerprint density at radius 3 is 2.55 bits per heavy atom. The van der Waals surface area contributed by atoms with Gasteiger partial charge in [0.25, 0.3) is 0 Å². The number of nitrogens with zero attached hydrogens (tertiary/aromatic N) is 2. The first-order valence-electron chi connectivity index (χ1n) is 8.66. The van der Waals surface area contributed by atoms with Gasteiger partial charge in [-0.15, -0.1) is 24.0 Å². The molecule has 0 atom stereocenters. The van der Waals surface area contributed by atoms with Crippen LogP contribution in [0.2, 0.25) is 0 Å². The van der Waals surface area contributed by atoms with Crippen LogP contribution in [0.5, 0.6) is 0 Å².